The van der Waals surface area contributed by atoms with Crippen molar-refractivity contribution in [2.24, 2.45) is 11.7 Å². The van der Waals surface area contributed by atoms with E-state index in [1.165, 1.54) is 0 Å². The molecule has 2 unspecified atom stereocenters. The predicted octanol–water partition coefficient (Wildman–Crippen LogP) is 3.25. The van der Waals surface area contributed by atoms with E-state index in [9.17, 15) is 9.90 Å². The highest BCUT2D eigenvalue weighted by Gasteiger charge is 2.26. The summed E-state index contributed by atoms with van der Waals surface area (Å²) in [5.41, 5.74) is 6.79. The number of nitrogens with two attached hydrogens (primary N) is 1. The Balaban J connectivity index is 0.00000225. The van der Waals surface area contributed by atoms with Crippen molar-refractivity contribution in [1.82, 2.24) is 0 Å². The molecule has 0 saturated heterocycles. The van der Waals surface area contributed by atoms with Crippen molar-refractivity contribution >= 4 is 24.0 Å². The van der Waals surface area contributed by atoms with Crippen LogP contribution in [0, 0.1) is 5.92 Å². The highest BCUT2D eigenvalue weighted by molar-refractivity contribution is 5.90. The lowest BCUT2D eigenvalue weighted by molar-refractivity contribution is -0.117. The van der Waals surface area contributed by atoms with Gasteiger partial charge in [0.25, 0.3) is 0 Å². The summed E-state index contributed by atoms with van der Waals surface area (Å²) >= 11 is 0. The predicted molar refractivity (Wildman–Crippen MR) is 101 cm³/mol. The number of aliphatic hydroxyl groups excluding tert-OH is 1. The molecule has 0 aliphatic heterocycles. The van der Waals surface area contributed by atoms with Gasteiger partial charge in [0.15, 0.2) is 0 Å². The fourth-order valence-electron chi connectivity index (χ4n) is 3.78. The van der Waals surface area contributed by atoms with Gasteiger partial charge in [0.1, 0.15) is 11.9 Å². The van der Waals surface area contributed by atoms with Gasteiger partial charge in [-0.25, -0.2) is 0 Å². The van der Waals surface area contributed by atoms with E-state index in [2.05, 4.69) is 5.32 Å². The first-order valence-electron chi connectivity index (χ1n) is 9.12. The largest absolute Gasteiger partial charge is 0.488 e. The summed E-state index contributed by atoms with van der Waals surface area (Å²) in [6.45, 7) is 0. The first kappa shape index (κ1) is 20.0. The first-order chi connectivity index (χ1) is 11.6. The quantitative estimate of drug-likeness (QED) is 0.744. The number of anilines is 1. The SMILES string of the molecule is Cl.N[C@@H]1CCC[C@H]1CC(=O)Nc1ccc(OC2CCCCC2O)cc1. The molecule has 4 atom stereocenters. The molecule has 3 rings (SSSR count). The average Bonchev–Trinajstić information content (AvgIpc) is 2.96. The van der Waals surface area contributed by atoms with Crippen LogP contribution >= 0.6 is 12.4 Å². The van der Waals surface area contributed by atoms with Gasteiger partial charge in [0.05, 0.1) is 6.10 Å². The smallest absolute Gasteiger partial charge is 0.224 e. The molecule has 6 heteroatoms. The van der Waals surface area contributed by atoms with Crippen LogP contribution in [0.2, 0.25) is 0 Å². The monoisotopic (exact) mass is 368 g/mol. The number of hydrogen-bond acceptors (Lipinski definition) is 4. The molecule has 5 nitrogen and oxygen atoms in total. The van der Waals surface area contributed by atoms with Crippen LogP contribution in [0.1, 0.15) is 51.4 Å². The van der Waals surface area contributed by atoms with Gasteiger partial charge in [-0.15, -0.1) is 12.4 Å². The molecule has 1 aromatic carbocycles. The lowest BCUT2D eigenvalue weighted by atomic mass is 9.95. The molecule has 2 aliphatic carbocycles. The van der Waals surface area contributed by atoms with Gasteiger partial charge < -0.3 is 20.9 Å². The second kappa shape index (κ2) is 9.41. The molecular weight excluding hydrogens is 340 g/mol. The lowest BCUT2D eigenvalue weighted by Crippen LogP contribution is -2.34. The Morgan fingerprint density at radius 2 is 1.84 bits per heavy atom. The Bertz CT molecular complexity index is 552. The molecular formula is C19H29ClN2O3. The van der Waals surface area contributed by atoms with E-state index in [1.807, 2.05) is 24.3 Å². The summed E-state index contributed by atoms with van der Waals surface area (Å²) in [6.07, 6.45) is 7.05. The molecule has 2 aliphatic rings. The van der Waals surface area contributed by atoms with Gasteiger partial charge >= 0.3 is 0 Å². The third-order valence-corrected chi connectivity index (χ3v) is 5.26. The molecule has 25 heavy (non-hydrogen) atoms. The maximum atomic E-state index is 12.1. The molecule has 2 fully saturated rings. The summed E-state index contributed by atoms with van der Waals surface area (Å²) in [7, 11) is 0. The number of aliphatic hydroxyl groups is 1. The molecule has 2 saturated carbocycles. The van der Waals surface area contributed by atoms with E-state index in [0.29, 0.717) is 12.3 Å². The van der Waals surface area contributed by atoms with Crippen molar-refractivity contribution in [3.63, 3.8) is 0 Å². The molecule has 0 heterocycles. The minimum Gasteiger partial charge on any atom is -0.488 e. The minimum atomic E-state index is -0.381. The number of rotatable bonds is 5. The van der Waals surface area contributed by atoms with Crippen LogP contribution in [0.25, 0.3) is 0 Å². The Hall–Kier alpha value is -1.30. The van der Waals surface area contributed by atoms with E-state index in [4.69, 9.17) is 10.5 Å². The third kappa shape index (κ3) is 5.59. The van der Waals surface area contributed by atoms with E-state index in [-0.39, 0.29) is 36.6 Å². The van der Waals surface area contributed by atoms with Crippen molar-refractivity contribution in [3.05, 3.63) is 24.3 Å². The van der Waals surface area contributed by atoms with Crippen molar-refractivity contribution in [3.8, 4) is 5.75 Å². The zero-order valence-corrected chi connectivity index (χ0v) is 15.3. The Morgan fingerprint density at radius 1 is 1.12 bits per heavy atom. The second-order valence-corrected chi connectivity index (χ2v) is 7.14. The van der Waals surface area contributed by atoms with Crippen molar-refractivity contribution in [2.75, 3.05) is 5.32 Å². The number of carbonyl (C=O) groups excluding carboxylic acids is 1. The molecule has 1 aromatic rings. The summed E-state index contributed by atoms with van der Waals surface area (Å²) < 4.78 is 5.87. The Labute approximate surface area is 155 Å². The minimum absolute atomic E-state index is 0. The van der Waals surface area contributed by atoms with Crippen LogP contribution in [0.5, 0.6) is 5.75 Å². The maximum Gasteiger partial charge on any atom is 0.224 e. The number of amides is 1. The maximum absolute atomic E-state index is 12.1. The average molecular weight is 369 g/mol. The normalized spacial score (nSPS) is 28.9. The van der Waals surface area contributed by atoms with E-state index in [1.54, 1.807) is 0 Å². The van der Waals surface area contributed by atoms with Gasteiger partial charge in [-0.1, -0.05) is 12.8 Å². The number of benzene rings is 1. The zero-order valence-electron chi connectivity index (χ0n) is 14.5. The van der Waals surface area contributed by atoms with Crippen molar-refractivity contribution in [1.29, 1.82) is 0 Å². The zero-order chi connectivity index (χ0) is 16.9. The molecule has 0 spiro atoms. The van der Waals surface area contributed by atoms with Gasteiger partial charge in [0, 0.05) is 18.2 Å². The number of hydrogen-bond donors (Lipinski definition) is 3. The van der Waals surface area contributed by atoms with E-state index >= 15 is 0 Å². The highest BCUT2D eigenvalue weighted by atomic mass is 35.5. The lowest BCUT2D eigenvalue weighted by Gasteiger charge is -2.28. The topological polar surface area (TPSA) is 84.6 Å². The first-order valence-corrected chi connectivity index (χ1v) is 9.12. The molecule has 0 aromatic heterocycles. The van der Waals surface area contributed by atoms with Crippen LogP contribution in [0.4, 0.5) is 5.69 Å². The summed E-state index contributed by atoms with van der Waals surface area (Å²) in [5.74, 6) is 1.06. The molecule has 4 N–H and O–H groups in total. The molecule has 0 radical (unpaired) electrons. The number of nitrogens with one attached hydrogen (secondary N) is 1. The Morgan fingerprint density at radius 3 is 2.48 bits per heavy atom. The van der Waals surface area contributed by atoms with Crippen LogP contribution < -0.4 is 15.8 Å². The van der Waals surface area contributed by atoms with Crippen LogP contribution in [0.3, 0.4) is 0 Å². The highest BCUT2D eigenvalue weighted by Crippen LogP contribution is 2.28. The summed E-state index contributed by atoms with van der Waals surface area (Å²) in [6, 6.07) is 7.54. The van der Waals surface area contributed by atoms with Crippen molar-refractivity contribution < 1.29 is 14.6 Å². The van der Waals surface area contributed by atoms with Gasteiger partial charge in [0.2, 0.25) is 5.91 Å². The number of carbonyl (C=O) groups is 1. The fraction of sp³-hybridized carbons (Fsp3) is 0.632. The van der Waals surface area contributed by atoms with Gasteiger partial charge in [-0.2, -0.15) is 0 Å². The van der Waals surface area contributed by atoms with Crippen LogP contribution in [-0.2, 0) is 4.79 Å². The van der Waals surface area contributed by atoms with Gasteiger partial charge in [-0.05, 0) is 62.3 Å². The van der Waals surface area contributed by atoms with Crippen molar-refractivity contribution in [2.45, 2.75) is 69.6 Å². The summed E-state index contributed by atoms with van der Waals surface area (Å²) in [5, 5.41) is 12.9. The van der Waals surface area contributed by atoms with Crippen LogP contribution in [-0.4, -0.2) is 29.3 Å². The third-order valence-electron chi connectivity index (χ3n) is 5.26. The summed E-state index contributed by atoms with van der Waals surface area (Å²) in [4.78, 5) is 12.1. The Kier molecular flexibility index (Phi) is 7.54. The van der Waals surface area contributed by atoms with Crippen LogP contribution in [0.15, 0.2) is 24.3 Å². The van der Waals surface area contributed by atoms with Gasteiger partial charge in [-0.3, -0.25) is 4.79 Å². The fourth-order valence-corrected chi connectivity index (χ4v) is 3.78. The van der Waals surface area contributed by atoms with E-state index < -0.39 is 0 Å². The van der Waals surface area contributed by atoms with E-state index in [0.717, 1.165) is 56.4 Å². The molecule has 0 bridgehead atoms. The standard InChI is InChI=1S/C19H28N2O3.ClH/c20-16-5-3-4-13(16)12-19(23)21-14-8-10-15(11-9-14)24-18-7-2-1-6-17(18)22;/h8-11,13,16-18,22H,1-7,12,20H2,(H,21,23);1H/t13-,16+,17?,18?;/m0./s1. The number of ether oxygens (including phenoxy) is 1. The number of halogens is 1. The molecule has 1 amide bonds. The molecule has 140 valence electrons. The second-order valence-electron chi connectivity index (χ2n) is 7.14.